The zero-order chi connectivity index (χ0) is 13.9. The van der Waals surface area contributed by atoms with Crippen molar-refractivity contribution in [2.75, 3.05) is 6.54 Å². The van der Waals surface area contributed by atoms with Crippen LogP contribution in [0.25, 0.3) is 0 Å². The summed E-state index contributed by atoms with van der Waals surface area (Å²) in [6.07, 6.45) is -4.32. The predicted molar refractivity (Wildman–Crippen MR) is 63.1 cm³/mol. The number of nitrogens with zero attached hydrogens (tertiary/aromatic N) is 1. The van der Waals surface area contributed by atoms with Crippen molar-refractivity contribution in [3.05, 3.63) is 34.4 Å². The van der Waals surface area contributed by atoms with Gasteiger partial charge in [-0.25, -0.2) is 0 Å². The minimum atomic E-state index is -4.32. The molecule has 0 amide bonds. The number of hydrogen-bond donors (Lipinski definition) is 1. The summed E-state index contributed by atoms with van der Waals surface area (Å²) in [6.45, 7) is 4.42. The summed E-state index contributed by atoms with van der Waals surface area (Å²) < 4.78 is 36.4. The van der Waals surface area contributed by atoms with E-state index in [9.17, 15) is 13.2 Å². The Balaban J connectivity index is 2.97. The van der Waals surface area contributed by atoms with E-state index in [1.54, 1.807) is 13.0 Å². The van der Waals surface area contributed by atoms with Gasteiger partial charge in [-0.15, -0.1) is 0 Å². The average molecular weight is 256 g/mol. The lowest BCUT2D eigenvalue weighted by molar-refractivity contribution is -0.125. The van der Waals surface area contributed by atoms with Gasteiger partial charge in [-0.1, -0.05) is 12.1 Å². The van der Waals surface area contributed by atoms with Crippen molar-refractivity contribution in [2.45, 2.75) is 33.0 Å². The van der Waals surface area contributed by atoms with Crippen molar-refractivity contribution in [1.29, 1.82) is 5.26 Å². The monoisotopic (exact) mass is 256 g/mol. The molecule has 0 radical (unpaired) electrons. The van der Waals surface area contributed by atoms with Crippen molar-refractivity contribution >= 4 is 0 Å². The molecule has 0 aliphatic heterocycles. The number of alkyl halides is 3. The van der Waals surface area contributed by atoms with E-state index in [4.69, 9.17) is 5.26 Å². The second-order valence-electron chi connectivity index (χ2n) is 4.35. The topological polar surface area (TPSA) is 35.8 Å². The van der Waals surface area contributed by atoms with Crippen LogP contribution in [0.3, 0.4) is 0 Å². The first kappa shape index (κ1) is 14.5. The molecule has 0 bridgehead atoms. The summed E-state index contributed by atoms with van der Waals surface area (Å²) in [4.78, 5) is 0. The molecule has 2 nitrogen and oxygen atoms in total. The van der Waals surface area contributed by atoms with E-state index in [1.807, 2.05) is 26.0 Å². The summed E-state index contributed by atoms with van der Waals surface area (Å²) in [6, 6.07) is 4.57. The Bertz CT molecular complexity index is 472. The number of benzene rings is 1. The van der Waals surface area contributed by atoms with Gasteiger partial charge in [-0.05, 0) is 43.0 Å². The molecule has 0 saturated heterocycles. The Labute approximate surface area is 104 Å². The number of nitriles is 1. The van der Waals surface area contributed by atoms with E-state index >= 15 is 0 Å². The van der Waals surface area contributed by atoms with Crippen LogP contribution in [-0.4, -0.2) is 12.7 Å². The maximum atomic E-state index is 12.1. The SMILES string of the molecule is Cc1cc(C)c(C(C#N)NCC(F)(F)F)cc1C. The summed E-state index contributed by atoms with van der Waals surface area (Å²) in [5.41, 5.74) is 3.44. The fraction of sp³-hybridized carbons (Fsp3) is 0.462. The standard InChI is InChI=1S/C13H15F3N2/c1-8-4-10(3)11(5-9(8)2)12(6-17)18-7-13(14,15)16/h4-5,12,18H,7H2,1-3H3. The van der Waals surface area contributed by atoms with Gasteiger partial charge in [0.1, 0.15) is 6.04 Å². The molecule has 0 saturated carbocycles. The van der Waals surface area contributed by atoms with Crippen LogP contribution >= 0.6 is 0 Å². The zero-order valence-electron chi connectivity index (χ0n) is 10.5. The van der Waals surface area contributed by atoms with Crippen LogP contribution in [0.2, 0.25) is 0 Å². The molecule has 0 aromatic heterocycles. The molecule has 5 heteroatoms. The Morgan fingerprint density at radius 2 is 1.72 bits per heavy atom. The van der Waals surface area contributed by atoms with Gasteiger partial charge < -0.3 is 0 Å². The minimum absolute atomic E-state index is 0.602. The van der Waals surface area contributed by atoms with Crippen molar-refractivity contribution < 1.29 is 13.2 Å². The maximum Gasteiger partial charge on any atom is 0.401 e. The van der Waals surface area contributed by atoms with Gasteiger partial charge in [-0.3, -0.25) is 5.32 Å². The minimum Gasteiger partial charge on any atom is -0.290 e. The van der Waals surface area contributed by atoms with Crippen LogP contribution in [0.4, 0.5) is 13.2 Å². The molecule has 1 atom stereocenters. The van der Waals surface area contributed by atoms with Crippen LogP contribution in [0.1, 0.15) is 28.3 Å². The van der Waals surface area contributed by atoms with Crippen LogP contribution in [-0.2, 0) is 0 Å². The number of rotatable bonds is 3. The Morgan fingerprint density at radius 1 is 1.17 bits per heavy atom. The van der Waals surface area contributed by atoms with Crippen LogP contribution in [0.15, 0.2) is 12.1 Å². The molecule has 0 spiro atoms. The smallest absolute Gasteiger partial charge is 0.290 e. The van der Waals surface area contributed by atoms with Crippen molar-refractivity contribution in [1.82, 2.24) is 5.32 Å². The lowest BCUT2D eigenvalue weighted by atomic mass is 9.96. The fourth-order valence-electron chi connectivity index (χ4n) is 1.74. The van der Waals surface area contributed by atoms with Crippen LogP contribution < -0.4 is 5.32 Å². The summed E-state index contributed by atoms with van der Waals surface area (Å²) in [7, 11) is 0. The van der Waals surface area contributed by atoms with E-state index < -0.39 is 18.8 Å². The molecule has 98 valence electrons. The number of halogens is 3. The third-order valence-corrected chi connectivity index (χ3v) is 2.83. The predicted octanol–water partition coefficient (Wildman–Crippen LogP) is 3.33. The second-order valence-corrected chi connectivity index (χ2v) is 4.35. The maximum absolute atomic E-state index is 12.1. The first-order valence-electron chi connectivity index (χ1n) is 5.52. The Kier molecular flexibility index (Phi) is 4.36. The summed E-state index contributed by atoms with van der Waals surface area (Å²) >= 11 is 0. The summed E-state index contributed by atoms with van der Waals surface area (Å²) in [5.74, 6) is 0. The molecule has 1 rings (SSSR count). The van der Waals surface area contributed by atoms with Gasteiger partial charge >= 0.3 is 6.18 Å². The molecule has 0 aliphatic carbocycles. The van der Waals surface area contributed by atoms with Gasteiger partial charge in [-0.2, -0.15) is 18.4 Å². The first-order chi connectivity index (χ1) is 8.24. The van der Waals surface area contributed by atoms with Crippen LogP contribution in [0, 0.1) is 32.1 Å². The number of aryl methyl sites for hydroxylation is 3. The highest BCUT2D eigenvalue weighted by Crippen LogP contribution is 2.23. The van der Waals surface area contributed by atoms with Crippen molar-refractivity contribution in [2.24, 2.45) is 0 Å². The first-order valence-corrected chi connectivity index (χ1v) is 5.52. The lowest BCUT2D eigenvalue weighted by Gasteiger charge is -2.17. The fourth-order valence-corrected chi connectivity index (χ4v) is 1.74. The Hall–Kier alpha value is -1.54. The summed E-state index contributed by atoms with van der Waals surface area (Å²) in [5, 5.41) is 11.2. The Morgan fingerprint density at radius 3 is 2.22 bits per heavy atom. The average Bonchev–Trinajstić information content (AvgIpc) is 2.24. The third kappa shape index (κ3) is 3.74. The van der Waals surface area contributed by atoms with Gasteiger partial charge in [0, 0.05) is 0 Å². The number of nitrogens with one attached hydrogen (secondary N) is 1. The highest BCUT2D eigenvalue weighted by Gasteiger charge is 2.28. The van der Waals surface area contributed by atoms with Crippen molar-refractivity contribution in [3.63, 3.8) is 0 Å². The van der Waals surface area contributed by atoms with E-state index in [0.29, 0.717) is 5.56 Å². The normalized spacial score (nSPS) is 13.2. The highest BCUT2D eigenvalue weighted by molar-refractivity contribution is 5.40. The molecular weight excluding hydrogens is 241 g/mol. The van der Waals surface area contributed by atoms with Crippen LogP contribution in [0.5, 0.6) is 0 Å². The lowest BCUT2D eigenvalue weighted by Crippen LogP contribution is -2.31. The van der Waals surface area contributed by atoms with E-state index in [0.717, 1.165) is 16.7 Å². The highest BCUT2D eigenvalue weighted by atomic mass is 19.4. The molecule has 0 heterocycles. The quantitative estimate of drug-likeness (QED) is 0.900. The molecular formula is C13H15F3N2. The second kappa shape index (κ2) is 5.40. The molecule has 1 aromatic rings. The largest absolute Gasteiger partial charge is 0.401 e. The van der Waals surface area contributed by atoms with E-state index in [2.05, 4.69) is 5.32 Å². The molecule has 18 heavy (non-hydrogen) atoms. The van der Waals surface area contributed by atoms with E-state index in [1.165, 1.54) is 0 Å². The van der Waals surface area contributed by atoms with Gasteiger partial charge in [0.25, 0.3) is 0 Å². The molecule has 1 unspecified atom stereocenters. The number of hydrogen-bond acceptors (Lipinski definition) is 2. The van der Waals surface area contributed by atoms with Gasteiger partial charge in [0.2, 0.25) is 0 Å². The van der Waals surface area contributed by atoms with Crippen molar-refractivity contribution in [3.8, 4) is 6.07 Å². The van der Waals surface area contributed by atoms with Gasteiger partial charge in [0.05, 0.1) is 12.6 Å². The zero-order valence-corrected chi connectivity index (χ0v) is 10.5. The molecule has 0 fully saturated rings. The third-order valence-electron chi connectivity index (χ3n) is 2.83. The van der Waals surface area contributed by atoms with E-state index in [-0.39, 0.29) is 0 Å². The molecule has 1 aromatic carbocycles. The van der Waals surface area contributed by atoms with Gasteiger partial charge in [0.15, 0.2) is 0 Å². The molecule has 1 N–H and O–H groups in total. The molecule has 0 aliphatic rings.